The molecule has 0 bridgehead atoms. The quantitative estimate of drug-likeness (QED) is 0.718. The highest BCUT2D eigenvalue weighted by atomic mass is 19.2. The van der Waals surface area contributed by atoms with Gasteiger partial charge in [0, 0.05) is 0 Å². The zero-order valence-electron chi connectivity index (χ0n) is 9.94. The molecule has 0 aliphatic rings. The summed E-state index contributed by atoms with van der Waals surface area (Å²) in [6, 6.07) is 17.4. The van der Waals surface area contributed by atoms with Gasteiger partial charge in [-0.25, -0.2) is 5.12 Å². The smallest absolute Gasteiger partial charge is 0.0687 e. The maximum atomic E-state index is 13.8. The van der Waals surface area contributed by atoms with E-state index in [1.165, 1.54) is 0 Å². The third kappa shape index (κ3) is 3.31. The van der Waals surface area contributed by atoms with Gasteiger partial charge in [0.1, 0.15) is 0 Å². The second-order valence-corrected chi connectivity index (χ2v) is 4.16. The van der Waals surface area contributed by atoms with Crippen LogP contribution in [0.15, 0.2) is 54.6 Å². The predicted octanol–water partition coefficient (Wildman–Crippen LogP) is 3.93. The van der Waals surface area contributed by atoms with Crippen LogP contribution in [0, 0.1) is 6.92 Å². The Balaban J connectivity index is 1.93. The van der Waals surface area contributed by atoms with E-state index < -0.39 is 0 Å². The van der Waals surface area contributed by atoms with Crippen molar-refractivity contribution in [3.05, 3.63) is 65.7 Å². The standard InChI is InChI=1S/C15H16FN/c1-13-7-9-15(10-8-13)17(16)12-11-14-5-3-2-4-6-14/h2-10H,11-12H2,1H3. The SMILES string of the molecule is Cc1ccc(N(F)CCc2ccccc2)cc1. The molecule has 17 heavy (non-hydrogen) atoms. The van der Waals surface area contributed by atoms with E-state index in [0.29, 0.717) is 18.7 Å². The summed E-state index contributed by atoms with van der Waals surface area (Å²) in [5, 5.41) is 0.798. The van der Waals surface area contributed by atoms with Crippen molar-refractivity contribution in [2.75, 3.05) is 11.7 Å². The first-order valence-corrected chi connectivity index (χ1v) is 5.79. The minimum absolute atomic E-state index is 0.382. The molecular weight excluding hydrogens is 213 g/mol. The monoisotopic (exact) mass is 229 g/mol. The number of hydrogen-bond acceptors (Lipinski definition) is 1. The first-order valence-electron chi connectivity index (χ1n) is 5.79. The zero-order valence-corrected chi connectivity index (χ0v) is 9.94. The molecule has 2 heteroatoms. The number of aryl methyl sites for hydroxylation is 1. The molecule has 2 aromatic carbocycles. The molecule has 2 aromatic rings. The molecule has 0 atom stereocenters. The topological polar surface area (TPSA) is 3.24 Å². The molecule has 0 N–H and O–H groups in total. The Morgan fingerprint density at radius 3 is 2.24 bits per heavy atom. The van der Waals surface area contributed by atoms with Gasteiger partial charge in [0.2, 0.25) is 0 Å². The Kier molecular flexibility index (Phi) is 3.76. The second kappa shape index (κ2) is 5.48. The molecule has 88 valence electrons. The molecule has 0 aliphatic carbocycles. The van der Waals surface area contributed by atoms with Crippen LogP contribution in [0.1, 0.15) is 11.1 Å². The third-order valence-corrected chi connectivity index (χ3v) is 2.75. The summed E-state index contributed by atoms with van der Waals surface area (Å²) >= 11 is 0. The summed E-state index contributed by atoms with van der Waals surface area (Å²) in [7, 11) is 0. The van der Waals surface area contributed by atoms with Gasteiger partial charge in [-0.15, -0.1) is 0 Å². The predicted molar refractivity (Wildman–Crippen MR) is 69.8 cm³/mol. The average molecular weight is 229 g/mol. The Bertz CT molecular complexity index is 450. The van der Waals surface area contributed by atoms with Crippen molar-refractivity contribution in [2.24, 2.45) is 0 Å². The van der Waals surface area contributed by atoms with Crippen molar-refractivity contribution < 1.29 is 4.48 Å². The van der Waals surface area contributed by atoms with Crippen LogP contribution in [0.2, 0.25) is 0 Å². The van der Waals surface area contributed by atoms with Crippen molar-refractivity contribution in [3.63, 3.8) is 0 Å². The van der Waals surface area contributed by atoms with Crippen LogP contribution in [0.25, 0.3) is 0 Å². The van der Waals surface area contributed by atoms with Gasteiger partial charge in [0.05, 0.1) is 12.2 Å². The van der Waals surface area contributed by atoms with E-state index in [4.69, 9.17) is 0 Å². The van der Waals surface area contributed by atoms with Crippen LogP contribution in [0.4, 0.5) is 10.2 Å². The molecule has 0 aliphatic heterocycles. The lowest BCUT2D eigenvalue weighted by Crippen LogP contribution is -2.15. The lowest BCUT2D eigenvalue weighted by molar-refractivity contribution is 0.435. The Hall–Kier alpha value is -1.83. The molecule has 0 saturated carbocycles. The van der Waals surface area contributed by atoms with Gasteiger partial charge in [-0.05, 0) is 31.0 Å². The first-order chi connectivity index (χ1) is 8.25. The van der Waals surface area contributed by atoms with Crippen LogP contribution in [0.3, 0.4) is 0 Å². The van der Waals surface area contributed by atoms with E-state index in [9.17, 15) is 4.48 Å². The Morgan fingerprint density at radius 2 is 1.59 bits per heavy atom. The summed E-state index contributed by atoms with van der Waals surface area (Å²) in [6.07, 6.45) is 0.714. The number of rotatable bonds is 4. The van der Waals surface area contributed by atoms with Gasteiger partial charge in [-0.2, -0.15) is 0 Å². The summed E-state index contributed by atoms with van der Waals surface area (Å²) < 4.78 is 13.8. The van der Waals surface area contributed by atoms with Crippen molar-refractivity contribution >= 4 is 5.69 Å². The van der Waals surface area contributed by atoms with Crippen LogP contribution in [-0.2, 0) is 6.42 Å². The maximum absolute atomic E-state index is 13.8. The minimum atomic E-state index is 0.382. The third-order valence-electron chi connectivity index (χ3n) is 2.75. The Labute approximate surface area is 101 Å². The highest BCUT2D eigenvalue weighted by Gasteiger charge is 2.04. The zero-order chi connectivity index (χ0) is 12.1. The van der Waals surface area contributed by atoms with Crippen molar-refractivity contribution in [1.82, 2.24) is 0 Å². The van der Waals surface area contributed by atoms with E-state index >= 15 is 0 Å². The van der Waals surface area contributed by atoms with Crippen molar-refractivity contribution in [2.45, 2.75) is 13.3 Å². The average Bonchev–Trinajstić information content (AvgIpc) is 2.38. The molecule has 1 nitrogen and oxygen atoms in total. The highest BCUT2D eigenvalue weighted by molar-refractivity contribution is 5.45. The number of anilines is 1. The largest absolute Gasteiger partial charge is 0.211 e. The van der Waals surface area contributed by atoms with Gasteiger partial charge in [-0.1, -0.05) is 52.5 Å². The first kappa shape index (κ1) is 11.6. The summed E-state index contributed by atoms with van der Waals surface area (Å²) in [5.74, 6) is 0. The van der Waals surface area contributed by atoms with Crippen LogP contribution >= 0.6 is 0 Å². The second-order valence-electron chi connectivity index (χ2n) is 4.16. The van der Waals surface area contributed by atoms with E-state index in [-0.39, 0.29) is 0 Å². The number of benzene rings is 2. The molecule has 0 fully saturated rings. The van der Waals surface area contributed by atoms with E-state index in [2.05, 4.69) is 0 Å². The van der Waals surface area contributed by atoms with Crippen molar-refractivity contribution in [1.29, 1.82) is 0 Å². The van der Waals surface area contributed by atoms with E-state index in [1.54, 1.807) is 12.1 Å². The Morgan fingerprint density at radius 1 is 0.941 bits per heavy atom. The number of hydrogen-bond donors (Lipinski definition) is 0. The normalized spacial score (nSPS) is 10.2. The molecule has 0 spiro atoms. The molecule has 0 amide bonds. The van der Waals surface area contributed by atoms with Gasteiger partial charge in [0.25, 0.3) is 0 Å². The van der Waals surface area contributed by atoms with E-state index in [1.807, 2.05) is 49.4 Å². The van der Waals surface area contributed by atoms with Gasteiger partial charge >= 0.3 is 0 Å². The highest BCUT2D eigenvalue weighted by Crippen LogP contribution is 2.16. The van der Waals surface area contributed by atoms with Gasteiger partial charge in [-0.3, -0.25) is 0 Å². The van der Waals surface area contributed by atoms with Crippen molar-refractivity contribution in [3.8, 4) is 0 Å². The van der Waals surface area contributed by atoms with Crippen LogP contribution < -0.4 is 5.12 Å². The van der Waals surface area contributed by atoms with Crippen LogP contribution in [0.5, 0.6) is 0 Å². The molecule has 0 unspecified atom stereocenters. The van der Waals surface area contributed by atoms with Gasteiger partial charge in [0.15, 0.2) is 0 Å². The fourth-order valence-electron chi connectivity index (χ4n) is 1.71. The molecule has 2 rings (SSSR count). The summed E-state index contributed by atoms with van der Waals surface area (Å²) in [6.45, 7) is 2.38. The van der Waals surface area contributed by atoms with Gasteiger partial charge < -0.3 is 0 Å². The summed E-state index contributed by atoms with van der Waals surface area (Å²) in [4.78, 5) is 0. The minimum Gasteiger partial charge on any atom is -0.211 e. The number of halogens is 1. The number of nitrogens with zero attached hydrogens (tertiary/aromatic N) is 1. The molecular formula is C15H16FN. The van der Waals surface area contributed by atoms with Crippen LogP contribution in [-0.4, -0.2) is 6.54 Å². The fourth-order valence-corrected chi connectivity index (χ4v) is 1.71. The lowest BCUT2D eigenvalue weighted by Gasteiger charge is -2.13. The molecule has 0 saturated heterocycles. The molecule has 0 heterocycles. The maximum Gasteiger partial charge on any atom is 0.0687 e. The lowest BCUT2D eigenvalue weighted by atomic mass is 10.1. The summed E-state index contributed by atoms with van der Waals surface area (Å²) in [5.41, 5.74) is 2.92. The molecule has 0 aromatic heterocycles. The van der Waals surface area contributed by atoms with E-state index in [0.717, 1.165) is 16.2 Å². The fraction of sp³-hybridized carbons (Fsp3) is 0.200. The molecule has 0 radical (unpaired) electrons.